The summed E-state index contributed by atoms with van der Waals surface area (Å²) in [5.74, 6) is -0.254. The first-order valence-corrected chi connectivity index (χ1v) is 7.33. The second-order valence-corrected chi connectivity index (χ2v) is 5.89. The highest BCUT2D eigenvalue weighted by Gasteiger charge is 2.33. The van der Waals surface area contributed by atoms with Crippen molar-refractivity contribution in [1.82, 2.24) is 10.2 Å². The van der Waals surface area contributed by atoms with Gasteiger partial charge in [-0.3, -0.25) is 9.59 Å². The van der Waals surface area contributed by atoms with E-state index >= 15 is 0 Å². The highest BCUT2D eigenvalue weighted by Crippen LogP contribution is 2.29. The summed E-state index contributed by atoms with van der Waals surface area (Å²) < 4.78 is 37.5. The minimum atomic E-state index is -4.37. The lowest BCUT2D eigenvalue weighted by Gasteiger charge is -2.21. The molecule has 23 heavy (non-hydrogen) atoms. The SMILES string of the molecule is CC(=O)C1CNC(C(=O)N(C)Cc2ccc(C(F)(F)F)cc2)C1. The largest absolute Gasteiger partial charge is 0.416 e. The Hall–Kier alpha value is -1.89. The van der Waals surface area contributed by atoms with E-state index in [0.717, 1.165) is 12.1 Å². The van der Waals surface area contributed by atoms with Gasteiger partial charge in [0.25, 0.3) is 0 Å². The molecule has 1 heterocycles. The normalized spacial score (nSPS) is 21.3. The van der Waals surface area contributed by atoms with Crippen molar-refractivity contribution < 1.29 is 22.8 Å². The molecule has 4 nitrogen and oxygen atoms in total. The minimum absolute atomic E-state index is 0.0539. The third kappa shape index (κ3) is 4.31. The van der Waals surface area contributed by atoms with Crippen molar-refractivity contribution in [2.45, 2.75) is 32.1 Å². The van der Waals surface area contributed by atoms with Gasteiger partial charge in [0.05, 0.1) is 11.6 Å². The Labute approximate surface area is 132 Å². The zero-order valence-electron chi connectivity index (χ0n) is 13.0. The Balaban J connectivity index is 1.95. The summed E-state index contributed by atoms with van der Waals surface area (Å²) in [7, 11) is 1.60. The molecule has 2 unspecified atom stereocenters. The number of rotatable bonds is 4. The Morgan fingerprint density at radius 2 is 1.87 bits per heavy atom. The first-order valence-electron chi connectivity index (χ1n) is 7.33. The van der Waals surface area contributed by atoms with Gasteiger partial charge in [-0.2, -0.15) is 13.2 Å². The second-order valence-electron chi connectivity index (χ2n) is 5.89. The molecule has 0 spiro atoms. The van der Waals surface area contributed by atoms with Crippen LogP contribution in [0, 0.1) is 5.92 Å². The first-order chi connectivity index (χ1) is 10.7. The number of nitrogens with zero attached hydrogens (tertiary/aromatic N) is 1. The van der Waals surface area contributed by atoms with Crippen LogP contribution in [-0.2, 0) is 22.3 Å². The molecule has 0 saturated carbocycles. The average molecular weight is 328 g/mol. The van der Waals surface area contributed by atoms with Crippen LogP contribution < -0.4 is 5.32 Å². The van der Waals surface area contributed by atoms with Crippen molar-refractivity contribution >= 4 is 11.7 Å². The molecule has 1 aliphatic rings. The number of alkyl halides is 3. The summed E-state index contributed by atoms with van der Waals surface area (Å²) in [6, 6.07) is 4.34. The van der Waals surface area contributed by atoms with E-state index in [2.05, 4.69) is 5.32 Å². The van der Waals surface area contributed by atoms with Crippen LogP contribution in [0.2, 0.25) is 0 Å². The molecule has 2 rings (SSSR count). The van der Waals surface area contributed by atoms with E-state index in [9.17, 15) is 22.8 Å². The van der Waals surface area contributed by atoms with E-state index in [-0.39, 0.29) is 24.2 Å². The average Bonchev–Trinajstić information content (AvgIpc) is 2.96. The van der Waals surface area contributed by atoms with Crippen molar-refractivity contribution in [3.8, 4) is 0 Å². The van der Waals surface area contributed by atoms with Crippen LogP contribution in [0.4, 0.5) is 13.2 Å². The van der Waals surface area contributed by atoms with Crippen LogP contribution in [0.3, 0.4) is 0 Å². The van der Waals surface area contributed by atoms with E-state index in [1.807, 2.05) is 0 Å². The quantitative estimate of drug-likeness (QED) is 0.922. The zero-order chi connectivity index (χ0) is 17.2. The molecular formula is C16H19F3N2O2. The molecule has 0 bridgehead atoms. The monoisotopic (exact) mass is 328 g/mol. The van der Waals surface area contributed by atoms with E-state index < -0.39 is 17.8 Å². The van der Waals surface area contributed by atoms with Crippen LogP contribution in [0.15, 0.2) is 24.3 Å². The number of nitrogens with one attached hydrogen (secondary N) is 1. The molecule has 126 valence electrons. The molecule has 2 atom stereocenters. The first kappa shape index (κ1) is 17.5. The fraction of sp³-hybridized carbons (Fsp3) is 0.500. The van der Waals surface area contributed by atoms with Gasteiger partial charge in [-0.05, 0) is 31.0 Å². The summed E-state index contributed by atoms with van der Waals surface area (Å²) in [6.45, 7) is 2.21. The number of carbonyl (C=O) groups excluding carboxylic acids is 2. The molecule has 7 heteroatoms. The molecule has 1 fully saturated rings. The van der Waals surface area contributed by atoms with Crippen LogP contribution in [0.1, 0.15) is 24.5 Å². The predicted octanol–water partition coefficient (Wildman–Crippen LogP) is 2.23. The summed E-state index contributed by atoms with van der Waals surface area (Å²) >= 11 is 0. The number of halogens is 3. The van der Waals surface area contributed by atoms with E-state index in [0.29, 0.717) is 18.5 Å². The molecule has 1 saturated heterocycles. The number of carbonyl (C=O) groups is 2. The number of hydrogen-bond acceptors (Lipinski definition) is 3. The summed E-state index contributed by atoms with van der Waals surface area (Å²) in [5, 5.41) is 3.02. The number of hydrogen-bond donors (Lipinski definition) is 1. The van der Waals surface area contributed by atoms with Gasteiger partial charge in [-0.1, -0.05) is 12.1 Å². The van der Waals surface area contributed by atoms with Gasteiger partial charge in [-0.15, -0.1) is 0 Å². The number of likely N-dealkylation sites (N-methyl/N-ethyl adjacent to an activating group) is 1. The maximum atomic E-state index is 12.5. The van der Waals surface area contributed by atoms with Crippen molar-refractivity contribution in [2.24, 2.45) is 5.92 Å². The Morgan fingerprint density at radius 1 is 1.26 bits per heavy atom. The fourth-order valence-corrected chi connectivity index (χ4v) is 2.65. The molecule has 0 aliphatic carbocycles. The smallest absolute Gasteiger partial charge is 0.340 e. The third-order valence-corrected chi connectivity index (χ3v) is 4.08. The van der Waals surface area contributed by atoms with Gasteiger partial charge in [0.2, 0.25) is 5.91 Å². The molecule has 1 aromatic carbocycles. The zero-order valence-corrected chi connectivity index (χ0v) is 13.0. The third-order valence-electron chi connectivity index (χ3n) is 4.08. The van der Waals surface area contributed by atoms with Crippen LogP contribution in [0.5, 0.6) is 0 Å². The maximum Gasteiger partial charge on any atom is 0.416 e. The molecule has 1 aliphatic heterocycles. The van der Waals surface area contributed by atoms with Crippen molar-refractivity contribution in [2.75, 3.05) is 13.6 Å². The molecule has 1 amide bonds. The van der Waals surface area contributed by atoms with Gasteiger partial charge < -0.3 is 10.2 Å². The number of benzene rings is 1. The Morgan fingerprint density at radius 3 is 2.35 bits per heavy atom. The van der Waals surface area contributed by atoms with E-state index in [4.69, 9.17) is 0 Å². The van der Waals surface area contributed by atoms with Gasteiger partial charge in [0, 0.05) is 26.1 Å². The molecular weight excluding hydrogens is 309 g/mol. The lowest BCUT2D eigenvalue weighted by atomic mass is 10.0. The molecule has 1 aromatic rings. The predicted molar refractivity (Wildman–Crippen MR) is 78.5 cm³/mol. The Kier molecular flexibility index (Phi) is 5.09. The highest BCUT2D eigenvalue weighted by molar-refractivity contribution is 5.85. The highest BCUT2D eigenvalue weighted by atomic mass is 19.4. The maximum absolute atomic E-state index is 12.5. The van der Waals surface area contributed by atoms with Crippen molar-refractivity contribution in [1.29, 1.82) is 0 Å². The van der Waals surface area contributed by atoms with E-state index in [1.165, 1.54) is 24.0 Å². The topological polar surface area (TPSA) is 49.4 Å². The fourth-order valence-electron chi connectivity index (χ4n) is 2.65. The molecule has 1 N–H and O–H groups in total. The Bertz CT molecular complexity index is 584. The number of ketones is 1. The molecule has 0 aromatic heterocycles. The molecule has 0 radical (unpaired) electrons. The number of amides is 1. The van der Waals surface area contributed by atoms with Crippen molar-refractivity contribution in [3.05, 3.63) is 35.4 Å². The minimum Gasteiger partial charge on any atom is -0.340 e. The van der Waals surface area contributed by atoms with Crippen LogP contribution in [0.25, 0.3) is 0 Å². The van der Waals surface area contributed by atoms with E-state index in [1.54, 1.807) is 7.05 Å². The standard InChI is InChI=1S/C16H19F3N2O2/c1-10(22)12-7-14(20-8-12)15(23)21(2)9-11-3-5-13(6-4-11)16(17,18)19/h3-6,12,14,20H,7-9H2,1-2H3. The van der Waals surface area contributed by atoms with Crippen LogP contribution >= 0.6 is 0 Å². The number of Topliss-reactive ketones (excluding diaryl/α,β-unsaturated/α-hetero) is 1. The van der Waals surface area contributed by atoms with Crippen LogP contribution in [-0.4, -0.2) is 36.2 Å². The summed E-state index contributed by atoms with van der Waals surface area (Å²) in [6.07, 6.45) is -3.90. The van der Waals surface area contributed by atoms with Gasteiger partial charge in [-0.25, -0.2) is 0 Å². The summed E-state index contributed by atoms with van der Waals surface area (Å²) in [5.41, 5.74) is -0.0908. The summed E-state index contributed by atoms with van der Waals surface area (Å²) in [4.78, 5) is 25.1. The van der Waals surface area contributed by atoms with Gasteiger partial charge in [0.1, 0.15) is 5.78 Å². The van der Waals surface area contributed by atoms with Gasteiger partial charge >= 0.3 is 6.18 Å². The second kappa shape index (κ2) is 6.70. The lowest BCUT2D eigenvalue weighted by molar-refractivity contribution is -0.137. The van der Waals surface area contributed by atoms with Gasteiger partial charge in [0.15, 0.2) is 0 Å². The van der Waals surface area contributed by atoms with Crippen molar-refractivity contribution in [3.63, 3.8) is 0 Å². The lowest BCUT2D eigenvalue weighted by Crippen LogP contribution is -2.41.